The van der Waals surface area contributed by atoms with Gasteiger partial charge in [-0.15, -0.1) is 0 Å². The van der Waals surface area contributed by atoms with Crippen molar-refractivity contribution in [1.82, 2.24) is 0 Å². The van der Waals surface area contributed by atoms with Gasteiger partial charge in [0.1, 0.15) is 5.82 Å². The second kappa shape index (κ2) is 4.96. The van der Waals surface area contributed by atoms with Crippen LogP contribution in [0.5, 0.6) is 0 Å². The predicted octanol–water partition coefficient (Wildman–Crippen LogP) is 4.69. The summed E-state index contributed by atoms with van der Waals surface area (Å²) in [4.78, 5) is 0.604. The van der Waals surface area contributed by atoms with Gasteiger partial charge in [-0.3, -0.25) is 0 Å². The van der Waals surface area contributed by atoms with Gasteiger partial charge in [-0.25, -0.2) is 4.39 Å². The number of hydrogen-bond acceptors (Lipinski definition) is 0. The third-order valence-corrected chi connectivity index (χ3v) is 5.04. The van der Waals surface area contributed by atoms with Gasteiger partial charge >= 0.3 is 0 Å². The Morgan fingerprint density at radius 3 is 2.80 bits per heavy atom. The molecule has 3 heteroatoms. The lowest BCUT2D eigenvalue weighted by atomic mass is 9.98. The van der Waals surface area contributed by atoms with Crippen molar-refractivity contribution in [2.45, 2.75) is 30.5 Å². The molecular weight excluding hydrogens is 323 g/mol. The van der Waals surface area contributed by atoms with Gasteiger partial charge in [-0.05, 0) is 48.9 Å². The summed E-state index contributed by atoms with van der Waals surface area (Å²) >= 11 is 7.17. The summed E-state index contributed by atoms with van der Waals surface area (Å²) in [6.45, 7) is 0. The Balaban J connectivity index is 2.12. The van der Waals surface area contributed by atoms with Gasteiger partial charge in [0.2, 0.25) is 0 Å². The standard InChI is InChI=1S/C12H13Br2F/c13-11-3-1-2-8(11)6-9-7-10(15)4-5-12(9)14/h4-5,7-8,11H,1-3,6H2. The molecule has 2 rings (SSSR count). The minimum Gasteiger partial charge on any atom is -0.207 e. The lowest BCUT2D eigenvalue weighted by Crippen LogP contribution is -2.10. The molecule has 0 bridgehead atoms. The molecule has 0 heterocycles. The summed E-state index contributed by atoms with van der Waals surface area (Å²) in [5, 5.41) is 0. The molecule has 15 heavy (non-hydrogen) atoms. The quantitative estimate of drug-likeness (QED) is 0.687. The zero-order valence-corrected chi connectivity index (χ0v) is 11.5. The molecule has 0 spiro atoms. The summed E-state index contributed by atoms with van der Waals surface area (Å²) in [5.41, 5.74) is 1.09. The van der Waals surface area contributed by atoms with Crippen molar-refractivity contribution in [2.75, 3.05) is 0 Å². The zero-order chi connectivity index (χ0) is 10.8. The fourth-order valence-electron chi connectivity index (χ4n) is 2.20. The summed E-state index contributed by atoms with van der Waals surface area (Å²) in [5.74, 6) is 0.514. The van der Waals surface area contributed by atoms with Gasteiger partial charge in [0.05, 0.1) is 0 Å². The molecule has 0 saturated heterocycles. The lowest BCUT2D eigenvalue weighted by molar-refractivity contribution is 0.556. The Bertz CT molecular complexity index is 351. The highest BCUT2D eigenvalue weighted by Gasteiger charge is 2.25. The van der Waals surface area contributed by atoms with E-state index in [1.165, 1.54) is 25.3 Å². The molecule has 1 aromatic carbocycles. The van der Waals surface area contributed by atoms with Crippen LogP contribution in [0.15, 0.2) is 22.7 Å². The third kappa shape index (κ3) is 2.82. The number of halogens is 3. The van der Waals surface area contributed by atoms with E-state index < -0.39 is 0 Å². The number of alkyl halides is 1. The Morgan fingerprint density at radius 1 is 1.33 bits per heavy atom. The van der Waals surface area contributed by atoms with Crippen LogP contribution >= 0.6 is 31.9 Å². The van der Waals surface area contributed by atoms with E-state index in [0.29, 0.717) is 10.7 Å². The van der Waals surface area contributed by atoms with Crippen LogP contribution in [0.25, 0.3) is 0 Å². The van der Waals surface area contributed by atoms with Gasteiger partial charge in [0.25, 0.3) is 0 Å². The van der Waals surface area contributed by atoms with E-state index in [2.05, 4.69) is 31.9 Å². The first-order valence-electron chi connectivity index (χ1n) is 5.25. The molecule has 1 aromatic rings. The van der Waals surface area contributed by atoms with Crippen molar-refractivity contribution in [3.05, 3.63) is 34.1 Å². The molecule has 0 amide bonds. The van der Waals surface area contributed by atoms with Crippen LogP contribution in [0.4, 0.5) is 4.39 Å². The van der Waals surface area contributed by atoms with E-state index in [-0.39, 0.29) is 5.82 Å². The molecule has 1 fully saturated rings. The minimum absolute atomic E-state index is 0.141. The Kier molecular flexibility index (Phi) is 3.83. The van der Waals surface area contributed by atoms with Crippen LogP contribution in [-0.4, -0.2) is 4.83 Å². The van der Waals surface area contributed by atoms with E-state index in [0.717, 1.165) is 16.5 Å². The van der Waals surface area contributed by atoms with Crippen LogP contribution in [0.1, 0.15) is 24.8 Å². The summed E-state index contributed by atoms with van der Waals surface area (Å²) in [7, 11) is 0. The fourth-order valence-corrected chi connectivity index (χ4v) is 3.39. The molecule has 0 nitrogen and oxygen atoms in total. The number of hydrogen-bond donors (Lipinski definition) is 0. The average molecular weight is 336 g/mol. The normalized spacial score (nSPS) is 25.8. The third-order valence-electron chi connectivity index (χ3n) is 3.06. The molecule has 0 aromatic heterocycles. The minimum atomic E-state index is -0.141. The maximum atomic E-state index is 13.1. The molecule has 2 atom stereocenters. The molecule has 1 saturated carbocycles. The highest BCUT2D eigenvalue weighted by atomic mass is 79.9. The Morgan fingerprint density at radius 2 is 2.13 bits per heavy atom. The van der Waals surface area contributed by atoms with Crippen LogP contribution in [0.3, 0.4) is 0 Å². The predicted molar refractivity (Wildman–Crippen MR) is 67.9 cm³/mol. The van der Waals surface area contributed by atoms with Gasteiger partial charge in [-0.1, -0.05) is 38.3 Å². The summed E-state index contributed by atoms with van der Waals surface area (Å²) in [6, 6.07) is 4.93. The molecule has 0 radical (unpaired) electrons. The molecule has 2 unspecified atom stereocenters. The molecule has 0 N–H and O–H groups in total. The molecular formula is C12H13Br2F. The van der Waals surface area contributed by atoms with E-state index in [1.54, 1.807) is 12.1 Å². The average Bonchev–Trinajstić information content (AvgIpc) is 2.58. The first-order valence-corrected chi connectivity index (χ1v) is 6.95. The molecule has 1 aliphatic carbocycles. The second-order valence-electron chi connectivity index (χ2n) is 4.15. The Hall–Kier alpha value is 0.110. The maximum absolute atomic E-state index is 13.1. The highest BCUT2D eigenvalue weighted by molar-refractivity contribution is 9.10. The van der Waals surface area contributed by atoms with Crippen LogP contribution in [0, 0.1) is 11.7 Å². The number of rotatable bonds is 2. The SMILES string of the molecule is Fc1ccc(Br)c(CC2CCCC2Br)c1. The first kappa shape index (κ1) is 11.6. The van der Waals surface area contributed by atoms with Crippen LogP contribution in [0.2, 0.25) is 0 Å². The monoisotopic (exact) mass is 334 g/mol. The topological polar surface area (TPSA) is 0 Å². The van der Waals surface area contributed by atoms with E-state index in [4.69, 9.17) is 0 Å². The van der Waals surface area contributed by atoms with Gasteiger partial charge in [0.15, 0.2) is 0 Å². The van der Waals surface area contributed by atoms with Gasteiger partial charge < -0.3 is 0 Å². The summed E-state index contributed by atoms with van der Waals surface area (Å²) in [6.07, 6.45) is 4.75. The summed E-state index contributed by atoms with van der Waals surface area (Å²) < 4.78 is 14.1. The highest BCUT2D eigenvalue weighted by Crippen LogP contribution is 2.35. The van der Waals surface area contributed by atoms with Gasteiger partial charge in [0, 0.05) is 9.30 Å². The van der Waals surface area contributed by atoms with E-state index in [9.17, 15) is 4.39 Å². The van der Waals surface area contributed by atoms with Crippen molar-refractivity contribution in [2.24, 2.45) is 5.92 Å². The van der Waals surface area contributed by atoms with Crippen LogP contribution < -0.4 is 0 Å². The van der Waals surface area contributed by atoms with Crippen molar-refractivity contribution in [3.63, 3.8) is 0 Å². The molecule has 82 valence electrons. The van der Waals surface area contributed by atoms with Crippen molar-refractivity contribution < 1.29 is 4.39 Å². The van der Waals surface area contributed by atoms with Gasteiger partial charge in [-0.2, -0.15) is 0 Å². The van der Waals surface area contributed by atoms with E-state index >= 15 is 0 Å². The molecule has 0 aliphatic heterocycles. The maximum Gasteiger partial charge on any atom is 0.123 e. The van der Waals surface area contributed by atoms with Crippen molar-refractivity contribution in [1.29, 1.82) is 0 Å². The second-order valence-corrected chi connectivity index (χ2v) is 6.18. The smallest absolute Gasteiger partial charge is 0.123 e. The van der Waals surface area contributed by atoms with E-state index in [1.807, 2.05) is 0 Å². The zero-order valence-electron chi connectivity index (χ0n) is 8.35. The fraction of sp³-hybridized carbons (Fsp3) is 0.500. The van der Waals surface area contributed by atoms with Crippen LogP contribution in [-0.2, 0) is 6.42 Å². The van der Waals surface area contributed by atoms with Crippen molar-refractivity contribution >= 4 is 31.9 Å². The largest absolute Gasteiger partial charge is 0.207 e. The molecule has 1 aliphatic rings. The first-order chi connectivity index (χ1) is 7.16. The number of benzene rings is 1. The lowest BCUT2D eigenvalue weighted by Gasteiger charge is -2.14. The Labute approximate surface area is 107 Å². The van der Waals surface area contributed by atoms with Crippen molar-refractivity contribution in [3.8, 4) is 0 Å².